The third kappa shape index (κ3) is 2.69. The highest BCUT2D eigenvalue weighted by Crippen LogP contribution is 2.47. The molecule has 1 N–H and O–H groups in total. The monoisotopic (exact) mass is 360 g/mol. The van der Waals surface area contributed by atoms with Crippen LogP contribution >= 0.6 is 0 Å². The van der Waals surface area contributed by atoms with Crippen LogP contribution in [0.5, 0.6) is 0 Å². The second kappa shape index (κ2) is 6.11. The Morgan fingerprint density at radius 2 is 2.19 bits per heavy atom. The number of carbonyl (C=O) groups is 1. The van der Waals surface area contributed by atoms with Gasteiger partial charge >= 0.3 is 7.12 Å². The summed E-state index contributed by atoms with van der Waals surface area (Å²) < 4.78 is 7.27. The standard InChI is InChI=1S/C19H17BN4O3/c25-17(16-12-24(23-22-16)18-4-1-2-9-21-18)11-13-5-6-14-15(10-13)20(26)27-19(14)7-3-8-19/h1-2,4-6,9-10,12,26H,3,7-8,11H2. The van der Waals surface area contributed by atoms with Gasteiger partial charge in [-0.2, -0.15) is 0 Å². The van der Waals surface area contributed by atoms with Gasteiger partial charge in [0.05, 0.1) is 11.8 Å². The molecular weight excluding hydrogens is 343 g/mol. The Hall–Kier alpha value is -2.84. The van der Waals surface area contributed by atoms with Crippen LogP contribution in [0.15, 0.2) is 48.8 Å². The van der Waals surface area contributed by atoms with Gasteiger partial charge in [-0.25, -0.2) is 9.67 Å². The number of carbonyl (C=O) groups excluding carboxylic acids is 1. The summed E-state index contributed by atoms with van der Waals surface area (Å²) in [6, 6.07) is 11.2. The van der Waals surface area contributed by atoms with Gasteiger partial charge in [0.25, 0.3) is 0 Å². The molecule has 27 heavy (non-hydrogen) atoms. The number of rotatable bonds is 4. The van der Waals surface area contributed by atoms with Gasteiger partial charge in [-0.3, -0.25) is 4.79 Å². The van der Waals surface area contributed by atoms with Crippen molar-refractivity contribution in [2.75, 3.05) is 0 Å². The van der Waals surface area contributed by atoms with E-state index in [0.717, 1.165) is 35.9 Å². The number of benzene rings is 1. The zero-order valence-corrected chi connectivity index (χ0v) is 14.6. The lowest BCUT2D eigenvalue weighted by atomic mass is 9.72. The number of fused-ring (bicyclic) bond motifs is 2. The number of pyridine rings is 1. The van der Waals surface area contributed by atoms with E-state index in [1.54, 1.807) is 18.5 Å². The number of hydrogen-bond donors (Lipinski definition) is 1. The lowest BCUT2D eigenvalue weighted by Crippen LogP contribution is -2.35. The molecule has 1 saturated carbocycles. The molecule has 3 heterocycles. The maximum Gasteiger partial charge on any atom is 0.492 e. The van der Waals surface area contributed by atoms with E-state index < -0.39 is 7.12 Å². The van der Waals surface area contributed by atoms with Crippen LogP contribution in [0.25, 0.3) is 5.82 Å². The first-order valence-electron chi connectivity index (χ1n) is 9.01. The highest BCUT2D eigenvalue weighted by molar-refractivity contribution is 6.62. The maximum atomic E-state index is 12.6. The predicted octanol–water partition coefficient (Wildman–Crippen LogP) is 1.18. The zero-order chi connectivity index (χ0) is 18.4. The summed E-state index contributed by atoms with van der Waals surface area (Å²) >= 11 is 0. The minimum Gasteiger partial charge on any atom is -0.423 e. The summed E-state index contributed by atoms with van der Waals surface area (Å²) in [5.74, 6) is 0.469. The first-order valence-corrected chi connectivity index (χ1v) is 9.01. The largest absolute Gasteiger partial charge is 0.492 e. The van der Waals surface area contributed by atoms with Crippen molar-refractivity contribution in [3.8, 4) is 5.82 Å². The lowest BCUT2D eigenvalue weighted by molar-refractivity contribution is -0.0152. The molecule has 1 spiro atoms. The van der Waals surface area contributed by atoms with Gasteiger partial charge < -0.3 is 9.68 Å². The zero-order valence-electron chi connectivity index (χ0n) is 14.6. The fourth-order valence-electron chi connectivity index (χ4n) is 3.84. The van der Waals surface area contributed by atoms with Crippen LogP contribution in [0.3, 0.4) is 0 Å². The fraction of sp³-hybridized carbons (Fsp3) is 0.263. The summed E-state index contributed by atoms with van der Waals surface area (Å²) in [6.45, 7) is 0. The number of nitrogens with zero attached hydrogens (tertiary/aromatic N) is 4. The van der Waals surface area contributed by atoms with Crippen molar-refractivity contribution >= 4 is 18.4 Å². The molecule has 2 aliphatic rings. The smallest absolute Gasteiger partial charge is 0.423 e. The molecule has 1 aliphatic carbocycles. The van der Waals surface area contributed by atoms with E-state index in [0.29, 0.717) is 5.82 Å². The second-order valence-electron chi connectivity index (χ2n) is 7.08. The molecule has 3 aromatic rings. The first-order chi connectivity index (χ1) is 13.1. The predicted molar refractivity (Wildman–Crippen MR) is 97.9 cm³/mol. The molecule has 8 heteroatoms. The Labute approximate surface area is 156 Å². The Balaban J connectivity index is 1.36. The van der Waals surface area contributed by atoms with Crippen LogP contribution in [0.2, 0.25) is 0 Å². The summed E-state index contributed by atoms with van der Waals surface area (Å²) in [5.41, 5.74) is 2.62. The molecule has 0 unspecified atom stereocenters. The van der Waals surface area contributed by atoms with Crippen molar-refractivity contribution in [3.63, 3.8) is 0 Å². The molecule has 7 nitrogen and oxygen atoms in total. The molecule has 5 rings (SSSR count). The van der Waals surface area contributed by atoms with E-state index in [1.165, 1.54) is 4.68 Å². The summed E-state index contributed by atoms with van der Waals surface area (Å²) in [7, 11) is -0.916. The van der Waals surface area contributed by atoms with E-state index in [2.05, 4.69) is 15.3 Å². The van der Waals surface area contributed by atoms with Gasteiger partial charge in [0.1, 0.15) is 5.69 Å². The van der Waals surface area contributed by atoms with E-state index in [1.807, 2.05) is 30.3 Å². The van der Waals surface area contributed by atoms with Gasteiger partial charge in [0, 0.05) is 12.6 Å². The molecule has 2 aromatic heterocycles. The van der Waals surface area contributed by atoms with Crippen molar-refractivity contribution in [3.05, 3.63) is 65.6 Å². The third-order valence-corrected chi connectivity index (χ3v) is 5.40. The van der Waals surface area contributed by atoms with Crippen molar-refractivity contribution in [2.24, 2.45) is 0 Å². The van der Waals surface area contributed by atoms with Crippen LogP contribution in [0.4, 0.5) is 0 Å². The minimum absolute atomic E-state index is 0.135. The number of ketones is 1. The van der Waals surface area contributed by atoms with Crippen molar-refractivity contribution in [1.82, 2.24) is 20.0 Å². The quantitative estimate of drug-likeness (QED) is 0.555. The molecule has 1 aliphatic heterocycles. The number of Topliss-reactive ketones (excluding diaryl/α,β-unsaturated/α-hetero) is 1. The van der Waals surface area contributed by atoms with Crippen molar-refractivity contribution < 1.29 is 14.5 Å². The van der Waals surface area contributed by atoms with Crippen LogP contribution in [0.1, 0.15) is 40.9 Å². The third-order valence-electron chi connectivity index (χ3n) is 5.40. The van der Waals surface area contributed by atoms with Crippen LogP contribution < -0.4 is 5.46 Å². The first kappa shape index (κ1) is 16.3. The SMILES string of the molecule is O=C(Cc1ccc2c(c1)B(O)OC21CCC1)c1cn(-c2ccccn2)nn1. The van der Waals surface area contributed by atoms with Gasteiger partial charge in [-0.1, -0.05) is 29.5 Å². The maximum absolute atomic E-state index is 12.6. The summed E-state index contributed by atoms with van der Waals surface area (Å²) in [5, 5.41) is 18.2. The van der Waals surface area contributed by atoms with E-state index in [-0.39, 0.29) is 23.5 Å². The molecule has 1 fully saturated rings. The molecule has 0 saturated heterocycles. The molecular formula is C19H17BN4O3. The van der Waals surface area contributed by atoms with E-state index in [9.17, 15) is 9.82 Å². The van der Waals surface area contributed by atoms with Gasteiger partial charge in [0.2, 0.25) is 0 Å². The minimum atomic E-state index is -0.916. The van der Waals surface area contributed by atoms with Gasteiger partial charge in [-0.15, -0.1) is 5.10 Å². The van der Waals surface area contributed by atoms with Crippen LogP contribution in [-0.2, 0) is 16.7 Å². The van der Waals surface area contributed by atoms with Gasteiger partial charge in [0.15, 0.2) is 11.6 Å². The molecule has 0 amide bonds. The normalized spacial score (nSPS) is 17.0. The lowest BCUT2D eigenvalue weighted by Gasteiger charge is -2.39. The molecule has 0 radical (unpaired) electrons. The fourth-order valence-corrected chi connectivity index (χ4v) is 3.84. The molecule has 0 atom stereocenters. The highest BCUT2D eigenvalue weighted by Gasteiger charge is 2.50. The average Bonchev–Trinajstić information content (AvgIpc) is 3.26. The number of hydrogen-bond acceptors (Lipinski definition) is 6. The Bertz CT molecular complexity index is 1020. The van der Waals surface area contributed by atoms with E-state index >= 15 is 0 Å². The van der Waals surface area contributed by atoms with Crippen molar-refractivity contribution in [2.45, 2.75) is 31.3 Å². The van der Waals surface area contributed by atoms with Crippen LogP contribution in [0, 0.1) is 0 Å². The highest BCUT2D eigenvalue weighted by atomic mass is 16.5. The van der Waals surface area contributed by atoms with Crippen LogP contribution in [-0.4, -0.2) is 37.9 Å². The van der Waals surface area contributed by atoms with Gasteiger partial charge in [-0.05, 0) is 48.0 Å². The molecule has 134 valence electrons. The molecule has 1 aromatic carbocycles. The Kier molecular flexibility index (Phi) is 3.70. The Morgan fingerprint density at radius 1 is 1.30 bits per heavy atom. The molecule has 0 bridgehead atoms. The summed E-state index contributed by atoms with van der Waals surface area (Å²) in [4.78, 5) is 16.8. The number of aromatic nitrogens is 4. The second-order valence-corrected chi connectivity index (χ2v) is 7.08. The average molecular weight is 360 g/mol. The topological polar surface area (TPSA) is 90.1 Å². The summed E-state index contributed by atoms with van der Waals surface area (Å²) in [6.07, 6.45) is 6.41. The van der Waals surface area contributed by atoms with Crippen molar-refractivity contribution in [1.29, 1.82) is 0 Å². The van der Waals surface area contributed by atoms with E-state index in [4.69, 9.17) is 4.65 Å². The Morgan fingerprint density at radius 3 is 2.93 bits per heavy atom.